The van der Waals surface area contributed by atoms with Crippen LogP contribution in [0.15, 0.2) is 0 Å². The minimum Gasteiger partial charge on any atom is -0.385 e. The van der Waals surface area contributed by atoms with Crippen LogP contribution < -0.4 is 5.32 Å². The molecule has 0 fully saturated rings. The maximum absolute atomic E-state index is 5.14. The topological polar surface area (TPSA) is 34.2 Å². The molecule has 1 aromatic rings. The number of aromatic nitrogens is 1. The van der Waals surface area contributed by atoms with E-state index in [9.17, 15) is 0 Å². The van der Waals surface area contributed by atoms with Crippen molar-refractivity contribution >= 4 is 11.3 Å². The molecule has 20 heavy (non-hydrogen) atoms. The molecular formula is C16H28N2OS. The van der Waals surface area contributed by atoms with Gasteiger partial charge in [0.05, 0.1) is 10.7 Å². The number of hydrogen-bond donors (Lipinski definition) is 1. The number of fused-ring (bicyclic) bond motifs is 1. The molecule has 1 unspecified atom stereocenters. The quantitative estimate of drug-likeness (QED) is 0.778. The van der Waals surface area contributed by atoms with Crippen LogP contribution in [0.25, 0.3) is 0 Å². The predicted octanol–water partition coefficient (Wildman–Crippen LogP) is 3.74. The number of rotatable bonds is 7. The van der Waals surface area contributed by atoms with Crippen molar-refractivity contribution in [1.29, 1.82) is 0 Å². The first-order valence-corrected chi connectivity index (χ1v) is 8.58. The second-order valence-corrected chi connectivity index (χ2v) is 7.68. The van der Waals surface area contributed by atoms with Crippen molar-refractivity contribution in [2.24, 2.45) is 5.41 Å². The van der Waals surface area contributed by atoms with Gasteiger partial charge in [0.15, 0.2) is 0 Å². The average Bonchev–Trinajstić information content (AvgIpc) is 2.77. The van der Waals surface area contributed by atoms with E-state index in [1.807, 2.05) is 11.3 Å². The Balaban J connectivity index is 2.11. The van der Waals surface area contributed by atoms with Crippen molar-refractivity contribution in [3.05, 3.63) is 15.6 Å². The molecule has 1 heterocycles. The van der Waals surface area contributed by atoms with Crippen LogP contribution >= 0.6 is 11.3 Å². The van der Waals surface area contributed by atoms with Crippen molar-refractivity contribution in [1.82, 2.24) is 10.3 Å². The molecule has 0 aromatic carbocycles. The minimum atomic E-state index is 0.357. The highest BCUT2D eigenvalue weighted by Gasteiger charge is 2.34. The first-order valence-electron chi connectivity index (χ1n) is 7.76. The number of methoxy groups -OCH3 is 1. The number of nitrogens with one attached hydrogen (secondary N) is 1. The first-order chi connectivity index (χ1) is 9.55. The van der Waals surface area contributed by atoms with Crippen LogP contribution in [-0.4, -0.2) is 25.2 Å². The van der Waals surface area contributed by atoms with E-state index in [0.29, 0.717) is 11.5 Å². The number of aryl methyl sites for hydroxylation is 1. The molecule has 4 heteroatoms. The second-order valence-electron chi connectivity index (χ2n) is 6.57. The fourth-order valence-electron chi connectivity index (χ4n) is 2.94. The highest BCUT2D eigenvalue weighted by atomic mass is 32.1. The Hall–Kier alpha value is -0.450. The maximum Gasteiger partial charge on any atom is 0.0932 e. The van der Waals surface area contributed by atoms with E-state index in [-0.39, 0.29) is 0 Å². The van der Waals surface area contributed by atoms with E-state index in [0.717, 1.165) is 32.4 Å². The predicted molar refractivity (Wildman–Crippen MR) is 85.4 cm³/mol. The lowest BCUT2D eigenvalue weighted by molar-refractivity contribution is 0.195. The van der Waals surface area contributed by atoms with Gasteiger partial charge in [-0.05, 0) is 37.6 Å². The van der Waals surface area contributed by atoms with Crippen molar-refractivity contribution in [2.75, 3.05) is 20.3 Å². The van der Waals surface area contributed by atoms with Crippen LogP contribution in [0.1, 0.15) is 61.7 Å². The Morgan fingerprint density at radius 2 is 2.25 bits per heavy atom. The third-order valence-corrected chi connectivity index (χ3v) is 5.14. The van der Waals surface area contributed by atoms with Gasteiger partial charge in [-0.15, -0.1) is 11.3 Å². The van der Waals surface area contributed by atoms with E-state index in [2.05, 4.69) is 26.1 Å². The summed E-state index contributed by atoms with van der Waals surface area (Å²) in [5, 5.41) is 4.99. The van der Waals surface area contributed by atoms with Gasteiger partial charge < -0.3 is 10.1 Å². The normalized spacial score (nSPS) is 20.9. The van der Waals surface area contributed by atoms with Crippen LogP contribution in [0.4, 0.5) is 0 Å². The monoisotopic (exact) mass is 296 g/mol. The van der Waals surface area contributed by atoms with Gasteiger partial charge in [0, 0.05) is 31.1 Å². The van der Waals surface area contributed by atoms with Crippen molar-refractivity contribution in [3.8, 4) is 0 Å². The molecular weight excluding hydrogens is 268 g/mol. The molecule has 1 atom stereocenters. The molecule has 114 valence electrons. The smallest absolute Gasteiger partial charge is 0.0932 e. The lowest BCUT2D eigenvalue weighted by Gasteiger charge is -2.34. The summed E-state index contributed by atoms with van der Waals surface area (Å²) < 4.78 is 5.14. The molecule has 1 N–H and O–H groups in total. The SMILES string of the molecule is CCCNC1CC(C)(C)Cc2nc(CCCOC)sc21. The van der Waals surface area contributed by atoms with Gasteiger partial charge in [-0.3, -0.25) is 0 Å². The van der Waals surface area contributed by atoms with Crippen LogP contribution in [-0.2, 0) is 17.6 Å². The highest BCUT2D eigenvalue weighted by Crippen LogP contribution is 2.43. The Labute approximate surface area is 127 Å². The van der Waals surface area contributed by atoms with Crippen molar-refractivity contribution in [3.63, 3.8) is 0 Å². The summed E-state index contributed by atoms with van der Waals surface area (Å²) in [5.74, 6) is 0. The molecule has 0 saturated carbocycles. The van der Waals surface area contributed by atoms with E-state index in [1.165, 1.54) is 28.4 Å². The lowest BCUT2D eigenvalue weighted by Crippen LogP contribution is -2.33. The highest BCUT2D eigenvalue weighted by molar-refractivity contribution is 7.11. The van der Waals surface area contributed by atoms with Gasteiger partial charge in [0.1, 0.15) is 0 Å². The Kier molecular flexibility index (Phi) is 5.58. The summed E-state index contributed by atoms with van der Waals surface area (Å²) >= 11 is 1.92. The molecule has 1 aliphatic rings. The fourth-order valence-corrected chi connectivity index (χ4v) is 4.14. The van der Waals surface area contributed by atoms with Gasteiger partial charge in [0.25, 0.3) is 0 Å². The van der Waals surface area contributed by atoms with Gasteiger partial charge in [-0.25, -0.2) is 4.98 Å². The van der Waals surface area contributed by atoms with Crippen LogP contribution in [0.3, 0.4) is 0 Å². The lowest BCUT2D eigenvalue weighted by atomic mass is 9.76. The summed E-state index contributed by atoms with van der Waals surface area (Å²) in [6, 6.07) is 0.502. The summed E-state index contributed by atoms with van der Waals surface area (Å²) in [4.78, 5) is 6.39. The third kappa shape index (κ3) is 4.03. The van der Waals surface area contributed by atoms with E-state index in [1.54, 1.807) is 7.11 Å². The second kappa shape index (κ2) is 7.01. The van der Waals surface area contributed by atoms with Gasteiger partial charge in [-0.2, -0.15) is 0 Å². The zero-order valence-corrected chi connectivity index (χ0v) is 14.1. The van der Waals surface area contributed by atoms with Crippen LogP contribution in [0.5, 0.6) is 0 Å². The molecule has 2 rings (SSSR count). The fraction of sp³-hybridized carbons (Fsp3) is 0.812. The molecule has 0 bridgehead atoms. The van der Waals surface area contributed by atoms with Gasteiger partial charge >= 0.3 is 0 Å². The molecule has 0 saturated heterocycles. The van der Waals surface area contributed by atoms with E-state index >= 15 is 0 Å². The Morgan fingerprint density at radius 1 is 1.45 bits per heavy atom. The zero-order valence-electron chi connectivity index (χ0n) is 13.3. The van der Waals surface area contributed by atoms with Gasteiger partial charge in [-0.1, -0.05) is 20.8 Å². The Bertz CT molecular complexity index is 428. The van der Waals surface area contributed by atoms with Crippen LogP contribution in [0, 0.1) is 5.41 Å². The number of nitrogens with zero attached hydrogens (tertiary/aromatic N) is 1. The standard InChI is InChI=1S/C16H28N2OS/c1-5-8-17-12-10-16(2,3)11-13-15(12)20-14(18-13)7-6-9-19-4/h12,17H,5-11H2,1-4H3. The molecule has 1 aliphatic carbocycles. The molecule has 3 nitrogen and oxygen atoms in total. The molecule has 0 spiro atoms. The third-order valence-electron chi connectivity index (χ3n) is 3.87. The maximum atomic E-state index is 5.14. The number of thiazole rings is 1. The number of ether oxygens (including phenoxy) is 1. The van der Waals surface area contributed by atoms with Crippen molar-refractivity contribution in [2.45, 2.75) is 58.9 Å². The number of hydrogen-bond acceptors (Lipinski definition) is 4. The van der Waals surface area contributed by atoms with Gasteiger partial charge in [0.2, 0.25) is 0 Å². The summed E-state index contributed by atoms with van der Waals surface area (Å²) in [7, 11) is 1.76. The zero-order chi connectivity index (χ0) is 14.6. The first kappa shape index (κ1) is 15.9. The molecule has 0 amide bonds. The van der Waals surface area contributed by atoms with Crippen molar-refractivity contribution < 1.29 is 4.74 Å². The summed E-state index contributed by atoms with van der Waals surface area (Å²) in [6.07, 6.45) is 5.64. The Morgan fingerprint density at radius 3 is 2.95 bits per heavy atom. The van der Waals surface area contributed by atoms with E-state index in [4.69, 9.17) is 9.72 Å². The molecule has 0 radical (unpaired) electrons. The molecule has 1 aromatic heterocycles. The molecule has 0 aliphatic heterocycles. The minimum absolute atomic E-state index is 0.357. The van der Waals surface area contributed by atoms with Crippen LogP contribution in [0.2, 0.25) is 0 Å². The summed E-state index contributed by atoms with van der Waals surface area (Å²) in [6.45, 7) is 8.87. The van der Waals surface area contributed by atoms with E-state index < -0.39 is 0 Å². The summed E-state index contributed by atoms with van der Waals surface area (Å²) in [5.41, 5.74) is 1.70. The largest absolute Gasteiger partial charge is 0.385 e. The average molecular weight is 296 g/mol.